The number of aromatic nitrogens is 3. The number of halogens is 4. The molecule has 2 aromatic carbocycles. The minimum absolute atomic E-state index is 0.0119. The van der Waals surface area contributed by atoms with E-state index < -0.39 is 11.9 Å². The maximum Gasteiger partial charge on any atom is 0.387 e. The third-order valence-electron chi connectivity index (χ3n) is 3.78. The first kappa shape index (κ1) is 22.1. The summed E-state index contributed by atoms with van der Waals surface area (Å²) in [5, 5.41) is 11.3. The van der Waals surface area contributed by atoms with Crippen molar-refractivity contribution >= 4 is 46.6 Å². The minimum Gasteiger partial charge on any atom is -0.435 e. The molecule has 1 atom stereocenters. The molecule has 0 radical (unpaired) electrons. The van der Waals surface area contributed by atoms with Crippen molar-refractivity contribution in [3.63, 3.8) is 0 Å². The summed E-state index contributed by atoms with van der Waals surface area (Å²) < 4.78 is 30.0. The van der Waals surface area contributed by atoms with Gasteiger partial charge in [0.2, 0.25) is 11.1 Å². The summed E-state index contributed by atoms with van der Waals surface area (Å²) in [5.41, 5.74) is 1.01. The summed E-state index contributed by atoms with van der Waals surface area (Å²) >= 11 is 13.0. The molecule has 30 heavy (non-hydrogen) atoms. The molecule has 3 aromatic rings. The lowest BCUT2D eigenvalue weighted by Gasteiger charge is -2.12. The average molecular weight is 474 g/mol. The molecule has 1 aromatic heterocycles. The van der Waals surface area contributed by atoms with Crippen molar-refractivity contribution in [2.75, 3.05) is 11.2 Å². The van der Waals surface area contributed by atoms with Crippen molar-refractivity contribution in [3.05, 3.63) is 52.5 Å². The maximum absolute atomic E-state index is 12.5. The van der Waals surface area contributed by atoms with Gasteiger partial charge in [-0.25, -0.2) is 4.68 Å². The van der Waals surface area contributed by atoms with E-state index in [0.717, 1.165) is 11.8 Å². The van der Waals surface area contributed by atoms with Crippen LogP contribution in [-0.4, -0.2) is 32.6 Å². The number of anilines is 1. The highest BCUT2D eigenvalue weighted by atomic mass is 35.5. The first-order valence-electron chi connectivity index (χ1n) is 8.42. The number of rotatable bonds is 7. The van der Waals surface area contributed by atoms with E-state index in [1.54, 1.807) is 25.1 Å². The van der Waals surface area contributed by atoms with Gasteiger partial charge < -0.3 is 15.9 Å². The van der Waals surface area contributed by atoms with E-state index in [2.05, 4.69) is 20.3 Å². The number of nitrogen functional groups attached to an aromatic ring is 1. The fraction of sp³-hybridized carbons (Fsp3) is 0.167. The normalized spacial score (nSPS) is 12.1. The summed E-state index contributed by atoms with van der Waals surface area (Å²) in [4.78, 5) is 12.5. The van der Waals surface area contributed by atoms with Crippen LogP contribution >= 0.6 is 35.0 Å². The number of amides is 1. The Morgan fingerprint density at radius 3 is 2.40 bits per heavy atom. The topological polar surface area (TPSA) is 95.1 Å². The predicted molar refractivity (Wildman–Crippen MR) is 113 cm³/mol. The molecule has 0 aliphatic heterocycles. The number of hydrogen-bond acceptors (Lipinski definition) is 6. The van der Waals surface area contributed by atoms with Gasteiger partial charge in [0.25, 0.3) is 0 Å². The van der Waals surface area contributed by atoms with Gasteiger partial charge in [0.05, 0.1) is 5.25 Å². The zero-order chi connectivity index (χ0) is 21.8. The van der Waals surface area contributed by atoms with Crippen LogP contribution in [-0.2, 0) is 4.79 Å². The van der Waals surface area contributed by atoms with Crippen molar-refractivity contribution in [3.8, 4) is 17.1 Å². The van der Waals surface area contributed by atoms with Gasteiger partial charge in [0.1, 0.15) is 5.75 Å². The number of alkyl halides is 2. The highest BCUT2D eigenvalue weighted by molar-refractivity contribution is 8.00. The van der Waals surface area contributed by atoms with Crippen LogP contribution in [0.5, 0.6) is 5.75 Å². The van der Waals surface area contributed by atoms with Crippen molar-refractivity contribution in [1.29, 1.82) is 0 Å². The molecular weight excluding hydrogens is 459 g/mol. The molecule has 12 heteroatoms. The number of hydrogen-bond donors (Lipinski definition) is 2. The highest BCUT2D eigenvalue weighted by Crippen LogP contribution is 2.28. The fourth-order valence-electron chi connectivity index (χ4n) is 2.42. The van der Waals surface area contributed by atoms with Crippen molar-refractivity contribution in [2.45, 2.75) is 23.9 Å². The van der Waals surface area contributed by atoms with Gasteiger partial charge in [-0.3, -0.25) is 4.79 Å². The summed E-state index contributed by atoms with van der Waals surface area (Å²) in [6.45, 7) is -1.23. The van der Waals surface area contributed by atoms with E-state index in [9.17, 15) is 13.6 Å². The number of nitrogens with two attached hydrogens (primary N) is 1. The number of nitrogens with one attached hydrogen (secondary N) is 1. The molecule has 0 saturated carbocycles. The maximum atomic E-state index is 12.5. The predicted octanol–water partition coefficient (Wildman–Crippen LogP) is 4.69. The number of nitrogens with zero attached hydrogens (tertiary/aromatic N) is 3. The van der Waals surface area contributed by atoms with Crippen molar-refractivity contribution < 1.29 is 18.3 Å². The largest absolute Gasteiger partial charge is 0.435 e. The second-order valence-electron chi connectivity index (χ2n) is 5.99. The van der Waals surface area contributed by atoms with E-state index >= 15 is 0 Å². The molecule has 0 bridgehead atoms. The standard InChI is InChI=1S/C18H15Cl2F2N5O2S/c1-9(16(28)24-13-7-11(19)6-12(20)8-13)30-18-26-25-15(27(18)23)10-2-4-14(5-3-10)29-17(21)22/h2-9,17H,23H2,1H3,(H,24,28). The lowest BCUT2D eigenvalue weighted by molar-refractivity contribution is -0.115. The highest BCUT2D eigenvalue weighted by Gasteiger charge is 2.20. The molecule has 3 N–H and O–H groups in total. The third kappa shape index (κ3) is 5.53. The molecule has 0 saturated heterocycles. The van der Waals surface area contributed by atoms with Crippen LogP contribution in [0.3, 0.4) is 0 Å². The van der Waals surface area contributed by atoms with Crippen LogP contribution in [0, 0.1) is 0 Å². The Morgan fingerprint density at radius 2 is 1.80 bits per heavy atom. The first-order chi connectivity index (χ1) is 14.2. The molecule has 1 heterocycles. The molecule has 158 valence electrons. The Hall–Kier alpha value is -2.56. The van der Waals surface area contributed by atoms with E-state index in [1.807, 2.05) is 0 Å². The van der Waals surface area contributed by atoms with Crippen LogP contribution in [0.25, 0.3) is 11.4 Å². The van der Waals surface area contributed by atoms with Crippen LogP contribution in [0.15, 0.2) is 47.6 Å². The number of thioether (sulfide) groups is 1. The molecule has 1 amide bonds. The van der Waals surface area contributed by atoms with Crippen LogP contribution in [0.4, 0.5) is 14.5 Å². The van der Waals surface area contributed by atoms with Gasteiger partial charge in [0, 0.05) is 21.3 Å². The van der Waals surface area contributed by atoms with E-state index in [-0.39, 0.29) is 11.7 Å². The Kier molecular flexibility index (Phi) is 7.01. The van der Waals surface area contributed by atoms with Crippen LogP contribution in [0.1, 0.15) is 6.92 Å². The summed E-state index contributed by atoms with van der Waals surface area (Å²) in [7, 11) is 0. The monoisotopic (exact) mass is 473 g/mol. The minimum atomic E-state index is -2.91. The van der Waals surface area contributed by atoms with Gasteiger partial charge in [-0.15, -0.1) is 10.2 Å². The fourth-order valence-corrected chi connectivity index (χ4v) is 3.72. The second-order valence-corrected chi connectivity index (χ2v) is 8.17. The number of carbonyl (C=O) groups excluding carboxylic acids is 1. The Morgan fingerprint density at radius 1 is 1.17 bits per heavy atom. The van der Waals surface area contributed by atoms with Crippen molar-refractivity contribution in [1.82, 2.24) is 14.9 Å². The van der Waals surface area contributed by atoms with Gasteiger partial charge in [0.15, 0.2) is 5.82 Å². The second kappa shape index (κ2) is 9.50. The molecular formula is C18H15Cl2F2N5O2S. The Balaban J connectivity index is 1.68. The lowest BCUT2D eigenvalue weighted by atomic mass is 10.2. The Bertz CT molecular complexity index is 1030. The van der Waals surface area contributed by atoms with E-state index in [0.29, 0.717) is 32.3 Å². The smallest absolute Gasteiger partial charge is 0.387 e. The molecule has 3 rings (SSSR count). The zero-order valence-electron chi connectivity index (χ0n) is 15.4. The quantitative estimate of drug-likeness (QED) is 0.381. The van der Waals surface area contributed by atoms with Crippen molar-refractivity contribution in [2.24, 2.45) is 0 Å². The van der Waals surface area contributed by atoms with Gasteiger partial charge in [-0.05, 0) is 49.4 Å². The molecule has 0 spiro atoms. The van der Waals surface area contributed by atoms with Crippen LogP contribution < -0.4 is 15.9 Å². The summed E-state index contributed by atoms with van der Waals surface area (Å²) in [6.07, 6.45) is 0. The van der Waals surface area contributed by atoms with E-state index in [1.165, 1.54) is 28.9 Å². The zero-order valence-corrected chi connectivity index (χ0v) is 17.7. The Labute approximate surface area is 184 Å². The number of benzene rings is 2. The SMILES string of the molecule is CC(Sc1nnc(-c2ccc(OC(F)F)cc2)n1N)C(=O)Nc1cc(Cl)cc(Cl)c1. The molecule has 7 nitrogen and oxygen atoms in total. The number of ether oxygens (including phenoxy) is 1. The number of carbonyl (C=O) groups is 1. The van der Waals surface area contributed by atoms with E-state index in [4.69, 9.17) is 29.0 Å². The summed E-state index contributed by atoms with van der Waals surface area (Å²) in [6, 6.07) is 10.5. The lowest BCUT2D eigenvalue weighted by Crippen LogP contribution is -2.23. The molecule has 0 fully saturated rings. The van der Waals surface area contributed by atoms with Gasteiger partial charge in [-0.2, -0.15) is 8.78 Å². The van der Waals surface area contributed by atoms with Gasteiger partial charge >= 0.3 is 6.61 Å². The molecule has 1 unspecified atom stereocenters. The first-order valence-corrected chi connectivity index (χ1v) is 10.1. The third-order valence-corrected chi connectivity index (χ3v) is 5.28. The molecule has 0 aliphatic carbocycles. The van der Waals surface area contributed by atoms with Crippen LogP contribution in [0.2, 0.25) is 10.0 Å². The van der Waals surface area contributed by atoms with Gasteiger partial charge in [-0.1, -0.05) is 35.0 Å². The average Bonchev–Trinajstić information content (AvgIpc) is 3.01. The summed E-state index contributed by atoms with van der Waals surface area (Å²) in [5.74, 6) is 6.05. The molecule has 0 aliphatic rings.